The normalized spacial score (nSPS) is 15.9. The van der Waals surface area contributed by atoms with E-state index in [-0.39, 0.29) is 0 Å². The predicted molar refractivity (Wildman–Crippen MR) is 71.2 cm³/mol. The van der Waals surface area contributed by atoms with Crippen LogP contribution in [0.15, 0.2) is 25.0 Å². The van der Waals surface area contributed by atoms with Crippen molar-refractivity contribution >= 4 is 5.95 Å². The highest BCUT2D eigenvalue weighted by Crippen LogP contribution is 2.15. The van der Waals surface area contributed by atoms with Crippen molar-refractivity contribution in [3.63, 3.8) is 0 Å². The molecule has 0 saturated carbocycles. The maximum absolute atomic E-state index is 4.47. The fourth-order valence-corrected chi connectivity index (χ4v) is 2.18. The summed E-state index contributed by atoms with van der Waals surface area (Å²) < 4.78 is 0. The number of piperidine rings is 1. The first-order chi connectivity index (χ1) is 8.40. The summed E-state index contributed by atoms with van der Waals surface area (Å²) in [5, 5.41) is 0. The summed E-state index contributed by atoms with van der Waals surface area (Å²) in [6, 6.07) is 0. The first-order valence-electron chi connectivity index (χ1n) is 6.57. The van der Waals surface area contributed by atoms with Gasteiger partial charge in [-0.1, -0.05) is 6.08 Å². The molecule has 0 N–H and O–H groups in total. The van der Waals surface area contributed by atoms with Crippen molar-refractivity contribution in [1.29, 1.82) is 0 Å². The first-order valence-corrected chi connectivity index (χ1v) is 6.57. The average Bonchev–Trinajstić information content (AvgIpc) is 2.41. The second kappa shape index (κ2) is 6.38. The van der Waals surface area contributed by atoms with E-state index in [9.17, 15) is 0 Å². The van der Waals surface area contributed by atoms with Crippen LogP contribution in [0.1, 0.15) is 37.7 Å². The molecule has 0 spiro atoms. The lowest BCUT2D eigenvalue weighted by molar-refractivity contribution is 0.568. The summed E-state index contributed by atoms with van der Waals surface area (Å²) in [4.78, 5) is 11.2. The standard InChI is InChI=1S/C14H21N3/c1-2-3-5-8-13-11-15-14(16-12-13)17-9-6-4-7-10-17/h2,11-12H,1,3-10H2. The molecule has 1 fully saturated rings. The van der Waals surface area contributed by atoms with E-state index in [1.54, 1.807) is 0 Å². The number of rotatable bonds is 5. The molecule has 2 heterocycles. The van der Waals surface area contributed by atoms with Gasteiger partial charge in [-0.2, -0.15) is 0 Å². The van der Waals surface area contributed by atoms with Gasteiger partial charge in [0.1, 0.15) is 0 Å². The molecule has 0 bridgehead atoms. The molecular weight excluding hydrogens is 210 g/mol. The second-order valence-corrected chi connectivity index (χ2v) is 4.62. The van der Waals surface area contributed by atoms with E-state index < -0.39 is 0 Å². The Hall–Kier alpha value is -1.38. The molecule has 17 heavy (non-hydrogen) atoms. The molecule has 2 rings (SSSR count). The second-order valence-electron chi connectivity index (χ2n) is 4.62. The van der Waals surface area contributed by atoms with Crippen molar-refractivity contribution in [3.8, 4) is 0 Å². The first kappa shape index (κ1) is 12.1. The van der Waals surface area contributed by atoms with E-state index in [0.29, 0.717) is 0 Å². The van der Waals surface area contributed by atoms with Crippen LogP contribution in [0.5, 0.6) is 0 Å². The van der Waals surface area contributed by atoms with Crippen LogP contribution in [0.3, 0.4) is 0 Å². The summed E-state index contributed by atoms with van der Waals surface area (Å²) in [5.41, 5.74) is 1.23. The molecule has 1 aliphatic rings. The van der Waals surface area contributed by atoms with Gasteiger partial charge < -0.3 is 4.90 Å². The van der Waals surface area contributed by atoms with Crippen molar-refractivity contribution < 1.29 is 0 Å². The molecule has 0 radical (unpaired) electrons. The zero-order valence-corrected chi connectivity index (χ0v) is 10.4. The summed E-state index contributed by atoms with van der Waals surface area (Å²) in [6.45, 7) is 5.94. The Bertz CT molecular complexity index is 339. The van der Waals surface area contributed by atoms with Gasteiger partial charge in [0.25, 0.3) is 0 Å². The van der Waals surface area contributed by atoms with Gasteiger partial charge in [0.15, 0.2) is 0 Å². The number of nitrogens with zero attached hydrogens (tertiary/aromatic N) is 3. The molecular formula is C14H21N3. The van der Waals surface area contributed by atoms with E-state index in [4.69, 9.17) is 0 Å². The Morgan fingerprint density at radius 2 is 1.88 bits per heavy atom. The van der Waals surface area contributed by atoms with Crippen molar-refractivity contribution in [2.75, 3.05) is 18.0 Å². The van der Waals surface area contributed by atoms with Crippen molar-refractivity contribution in [1.82, 2.24) is 9.97 Å². The van der Waals surface area contributed by atoms with Gasteiger partial charge >= 0.3 is 0 Å². The molecule has 92 valence electrons. The maximum Gasteiger partial charge on any atom is 0.225 e. The third-order valence-corrected chi connectivity index (χ3v) is 3.20. The zero-order chi connectivity index (χ0) is 11.9. The molecule has 0 unspecified atom stereocenters. The Kier molecular flexibility index (Phi) is 4.54. The van der Waals surface area contributed by atoms with Crippen LogP contribution in [0.4, 0.5) is 5.95 Å². The minimum absolute atomic E-state index is 0.900. The number of aromatic nitrogens is 2. The van der Waals surface area contributed by atoms with Crippen LogP contribution in [-0.4, -0.2) is 23.1 Å². The lowest BCUT2D eigenvalue weighted by atomic mass is 10.1. The van der Waals surface area contributed by atoms with Gasteiger partial charge in [0.2, 0.25) is 5.95 Å². The summed E-state index contributed by atoms with van der Waals surface area (Å²) in [7, 11) is 0. The van der Waals surface area contributed by atoms with E-state index in [1.807, 2.05) is 18.5 Å². The number of anilines is 1. The average molecular weight is 231 g/mol. The van der Waals surface area contributed by atoms with Crippen LogP contribution in [-0.2, 0) is 6.42 Å². The summed E-state index contributed by atoms with van der Waals surface area (Å²) in [6.07, 6.45) is 13.0. The highest BCUT2D eigenvalue weighted by Gasteiger charge is 2.12. The van der Waals surface area contributed by atoms with Gasteiger partial charge in [-0.3, -0.25) is 0 Å². The van der Waals surface area contributed by atoms with Crippen molar-refractivity contribution in [3.05, 3.63) is 30.6 Å². The Labute approximate surface area is 104 Å². The lowest BCUT2D eigenvalue weighted by Gasteiger charge is -2.26. The lowest BCUT2D eigenvalue weighted by Crippen LogP contribution is -2.30. The number of allylic oxidation sites excluding steroid dienone is 1. The molecule has 1 aromatic heterocycles. The van der Waals surface area contributed by atoms with Gasteiger partial charge in [-0.15, -0.1) is 6.58 Å². The van der Waals surface area contributed by atoms with Crippen LogP contribution in [0.25, 0.3) is 0 Å². The van der Waals surface area contributed by atoms with Gasteiger partial charge in [0.05, 0.1) is 0 Å². The fraction of sp³-hybridized carbons (Fsp3) is 0.571. The Balaban J connectivity index is 1.90. The fourth-order valence-electron chi connectivity index (χ4n) is 2.18. The van der Waals surface area contributed by atoms with Crippen molar-refractivity contribution in [2.45, 2.75) is 38.5 Å². The van der Waals surface area contributed by atoms with E-state index in [2.05, 4.69) is 21.4 Å². The number of aryl methyl sites for hydroxylation is 1. The molecule has 3 nitrogen and oxygen atoms in total. The Morgan fingerprint density at radius 3 is 2.53 bits per heavy atom. The van der Waals surface area contributed by atoms with Gasteiger partial charge in [-0.25, -0.2) is 9.97 Å². The third kappa shape index (κ3) is 3.55. The molecule has 3 heteroatoms. The molecule has 1 aromatic rings. The van der Waals surface area contributed by atoms with E-state index in [0.717, 1.165) is 38.3 Å². The van der Waals surface area contributed by atoms with Gasteiger partial charge in [0, 0.05) is 25.5 Å². The van der Waals surface area contributed by atoms with Crippen molar-refractivity contribution in [2.24, 2.45) is 0 Å². The van der Waals surface area contributed by atoms with Crippen LogP contribution in [0, 0.1) is 0 Å². The minimum Gasteiger partial charge on any atom is -0.341 e. The zero-order valence-electron chi connectivity index (χ0n) is 10.4. The quantitative estimate of drug-likeness (QED) is 0.576. The highest BCUT2D eigenvalue weighted by atomic mass is 15.2. The summed E-state index contributed by atoms with van der Waals surface area (Å²) >= 11 is 0. The topological polar surface area (TPSA) is 29.0 Å². The molecule has 0 aromatic carbocycles. The largest absolute Gasteiger partial charge is 0.341 e. The highest BCUT2D eigenvalue weighted by molar-refractivity contribution is 5.30. The minimum atomic E-state index is 0.900. The molecule has 0 atom stereocenters. The van der Waals surface area contributed by atoms with Gasteiger partial charge in [-0.05, 0) is 44.1 Å². The monoisotopic (exact) mass is 231 g/mol. The number of unbranched alkanes of at least 4 members (excludes halogenated alkanes) is 1. The summed E-state index contributed by atoms with van der Waals surface area (Å²) in [5.74, 6) is 0.900. The predicted octanol–water partition coefficient (Wildman–Crippen LogP) is 2.98. The number of hydrogen-bond acceptors (Lipinski definition) is 3. The van der Waals surface area contributed by atoms with E-state index in [1.165, 1.54) is 24.8 Å². The molecule has 0 amide bonds. The third-order valence-electron chi connectivity index (χ3n) is 3.20. The smallest absolute Gasteiger partial charge is 0.225 e. The number of hydrogen-bond donors (Lipinski definition) is 0. The molecule has 0 aliphatic carbocycles. The van der Waals surface area contributed by atoms with E-state index >= 15 is 0 Å². The molecule has 1 aliphatic heterocycles. The van der Waals surface area contributed by atoms with Crippen LogP contribution >= 0.6 is 0 Å². The van der Waals surface area contributed by atoms with Crippen LogP contribution < -0.4 is 4.90 Å². The molecule has 1 saturated heterocycles. The maximum atomic E-state index is 4.47. The van der Waals surface area contributed by atoms with Crippen LogP contribution in [0.2, 0.25) is 0 Å². The SMILES string of the molecule is C=CCCCc1cnc(N2CCCCC2)nc1. The Morgan fingerprint density at radius 1 is 1.18 bits per heavy atom.